The number of ketones is 2. The number of benzene rings is 2. The summed E-state index contributed by atoms with van der Waals surface area (Å²) in [6.07, 6.45) is 1.01. The van der Waals surface area contributed by atoms with Crippen LogP contribution in [0, 0.1) is 0 Å². The Kier molecular flexibility index (Phi) is 4.71. The van der Waals surface area contributed by atoms with E-state index in [0.717, 1.165) is 19.5 Å². The zero-order valence-corrected chi connectivity index (χ0v) is 14.5. The molecule has 26 heavy (non-hydrogen) atoms. The van der Waals surface area contributed by atoms with Gasteiger partial charge in [-0.3, -0.25) is 14.5 Å². The molecule has 2 aromatic rings. The van der Waals surface area contributed by atoms with E-state index in [9.17, 15) is 9.59 Å². The summed E-state index contributed by atoms with van der Waals surface area (Å²) in [4.78, 5) is 27.0. The van der Waals surface area contributed by atoms with Crippen molar-refractivity contribution in [3.63, 3.8) is 0 Å². The lowest BCUT2D eigenvalue weighted by Gasteiger charge is -2.19. The number of nitrogens with zero attached hydrogens (tertiary/aromatic N) is 1. The molecule has 1 saturated heterocycles. The maximum Gasteiger partial charge on any atom is 0.230 e. The van der Waals surface area contributed by atoms with E-state index in [4.69, 9.17) is 9.47 Å². The third-order valence-electron chi connectivity index (χ3n) is 4.97. The molecule has 0 N–H and O–H groups in total. The van der Waals surface area contributed by atoms with Crippen LogP contribution in [0.1, 0.15) is 28.3 Å². The fraction of sp³-hybridized carbons (Fsp3) is 0.333. The molecule has 0 aromatic heterocycles. The van der Waals surface area contributed by atoms with Gasteiger partial charge >= 0.3 is 0 Å². The molecule has 0 bridgehead atoms. The number of hydrogen-bond acceptors (Lipinski definition) is 5. The third-order valence-corrected chi connectivity index (χ3v) is 4.97. The third kappa shape index (κ3) is 3.48. The van der Waals surface area contributed by atoms with E-state index >= 15 is 0 Å². The van der Waals surface area contributed by atoms with E-state index in [1.54, 1.807) is 18.2 Å². The summed E-state index contributed by atoms with van der Waals surface area (Å²) in [6.45, 7) is 2.75. The summed E-state index contributed by atoms with van der Waals surface area (Å²) >= 11 is 0. The summed E-state index contributed by atoms with van der Waals surface area (Å²) in [5.41, 5.74) is 1.65. The maximum absolute atomic E-state index is 12.5. The van der Waals surface area contributed by atoms with Crippen LogP contribution in [0.15, 0.2) is 48.5 Å². The minimum atomic E-state index is -0.467. The van der Waals surface area contributed by atoms with Crippen molar-refractivity contribution in [1.82, 2.24) is 4.90 Å². The molecular formula is C21H21NO4. The predicted octanol–water partition coefficient (Wildman–Crippen LogP) is 2.70. The van der Waals surface area contributed by atoms with Crippen LogP contribution in [0.3, 0.4) is 0 Å². The van der Waals surface area contributed by atoms with Crippen LogP contribution in [0.2, 0.25) is 0 Å². The Morgan fingerprint density at radius 2 is 1.77 bits per heavy atom. The Labute approximate surface area is 152 Å². The molecule has 0 spiro atoms. The fourth-order valence-electron chi connectivity index (χ4n) is 3.59. The summed E-state index contributed by atoms with van der Waals surface area (Å²) in [6, 6.07) is 15.2. The van der Waals surface area contributed by atoms with E-state index in [0.29, 0.717) is 36.2 Å². The number of likely N-dealkylation sites (tertiary alicyclic amines) is 1. The molecule has 0 saturated carbocycles. The monoisotopic (exact) mass is 351 g/mol. The number of Topliss-reactive ketones (excluding diaryl/α,β-unsaturated/α-hetero) is 2. The highest BCUT2D eigenvalue weighted by atomic mass is 16.6. The van der Waals surface area contributed by atoms with E-state index in [2.05, 4.69) is 17.0 Å². The molecule has 2 aromatic carbocycles. The highest BCUT2D eigenvalue weighted by molar-refractivity contribution is 6.44. The highest BCUT2D eigenvalue weighted by Crippen LogP contribution is 2.31. The van der Waals surface area contributed by atoms with Crippen LogP contribution < -0.4 is 9.47 Å². The van der Waals surface area contributed by atoms with Crippen LogP contribution in [-0.4, -0.2) is 49.3 Å². The summed E-state index contributed by atoms with van der Waals surface area (Å²) in [5.74, 6) is 0.722. The number of fused-ring (bicyclic) bond motifs is 1. The first-order valence-corrected chi connectivity index (χ1v) is 8.95. The number of ether oxygens (including phenoxy) is 2. The number of carbonyl (C=O) groups is 2. The molecule has 0 amide bonds. The Morgan fingerprint density at radius 1 is 1.00 bits per heavy atom. The van der Waals surface area contributed by atoms with Gasteiger partial charge in [-0.05, 0) is 42.6 Å². The lowest BCUT2D eigenvalue weighted by molar-refractivity contribution is -0.116. The first kappa shape index (κ1) is 16.8. The van der Waals surface area contributed by atoms with Gasteiger partial charge in [0.15, 0.2) is 11.5 Å². The average Bonchev–Trinajstić information content (AvgIpc) is 3.16. The maximum atomic E-state index is 12.5. The Morgan fingerprint density at radius 3 is 2.58 bits per heavy atom. The number of carbonyl (C=O) groups excluding carboxylic acids is 2. The lowest BCUT2D eigenvalue weighted by Crippen LogP contribution is -2.32. The Bertz CT molecular complexity index is 818. The van der Waals surface area contributed by atoms with Crippen molar-refractivity contribution in [2.45, 2.75) is 12.3 Å². The van der Waals surface area contributed by atoms with Crippen molar-refractivity contribution in [3.05, 3.63) is 59.7 Å². The highest BCUT2D eigenvalue weighted by Gasteiger charge is 2.28. The molecule has 4 rings (SSSR count). The minimum Gasteiger partial charge on any atom is -0.486 e. The summed E-state index contributed by atoms with van der Waals surface area (Å²) in [5, 5.41) is 0. The van der Waals surface area contributed by atoms with Gasteiger partial charge in [-0.25, -0.2) is 0 Å². The molecule has 5 heteroatoms. The molecule has 0 aliphatic carbocycles. The molecule has 2 heterocycles. The van der Waals surface area contributed by atoms with E-state index < -0.39 is 5.78 Å². The van der Waals surface area contributed by atoms with Gasteiger partial charge in [-0.1, -0.05) is 30.3 Å². The lowest BCUT2D eigenvalue weighted by atomic mass is 9.99. The average molecular weight is 351 g/mol. The van der Waals surface area contributed by atoms with Gasteiger partial charge in [0.25, 0.3) is 0 Å². The van der Waals surface area contributed by atoms with E-state index in [1.165, 1.54) is 5.56 Å². The summed E-state index contributed by atoms with van der Waals surface area (Å²) in [7, 11) is 0. The van der Waals surface area contributed by atoms with E-state index in [-0.39, 0.29) is 12.3 Å². The predicted molar refractivity (Wildman–Crippen MR) is 97.0 cm³/mol. The Hall–Kier alpha value is -2.66. The van der Waals surface area contributed by atoms with Crippen LogP contribution in [0.4, 0.5) is 0 Å². The topological polar surface area (TPSA) is 55.8 Å². The van der Waals surface area contributed by atoms with Crippen LogP contribution in [0.25, 0.3) is 0 Å². The van der Waals surface area contributed by atoms with Crippen molar-refractivity contribution in [3.8, 4) is 11.5 Å². The van der Waals surface area contributed by atoms with Crippen molar-refractivity contribution in [2.24, 2.45) is 0 Å². The van der Waals surface area contributed by atoms with Crippen molar-refractivity contribution in [2.75, 3.05) is 32.8 Å². The molecule has 2 aliphatic rings. The molecule has 5 nitrogen and oxygen atoms in total. The van der Waals surface area contributed by atoms with E-state index in [1.807, 2.05) is 18.2 Å². The van der Waals surface area contributed by atoms with Gasteiger partial charge < -0.3 is 9.47 Å². The molecule has 1 atom stereocenters. The first-order chi connectivity index (χ1) is 12.7. The zero-order valence-electron chi connectivity index (χ0n) is 14.5. The molecule has 134 valence electrons. The summed E-state index contributed by atoms with van der Waals surface area (Å²) < 4.78 is 10.9. The van der Waals surface area contributed by atoms with Gasteiger partial charge in [0.05, 0.1) is 6.54 Å². The second-order valence-corrected chi connectivity index (χ2v) is 6.74. The van der Waals surface area contributed by atoms with Gasteiger partial charge in [-0.2, -0.15) is 0 Å². The fourth-order valence-corrected chi connectivity index (χ4v) is 3.59. The second-order valence-electron chi connectivity index (χ2n) is 6.74. The van der Waals surface area contributed by atoms with Crippen molar-refractivity contribution in [1.29, 1.82) is 0 Å². The van der Waals surface area contributed by atoms with Crippen LogP contribution in [-0.2, 0) is 4.79 Å². The standard InChI is InChI=1S/C21H21NO4/c23-18(14-22-9-8-17(13-22)15-4-2-1-3-5-15)21(24)16-6-7-19-20(12-16)26-11-10-25-19/h1-7,12,17H,8-11,13-14H2. The number of hydrogen-bond donors (Lipinski definition) is 0. The largest absolute Gasteiger partial charge is 0.486 e. The van der Waals surface area contributed by atoms with Crippen LogP contribution in [0.5, 0.6) is 11.5 Å². The van der Waals surface area contributed by atoms with Gasteiger partial charge in [0.2, 0.25) is 11.6 Å². The number of rotatable bonds is 5. The van der Waals surface area contributed by atoms with Gasteiger partial charge in [-0.15, -0.1) is 0 Å². The Balaban J connectivity index is 1.38. The molecule has 0 radical (unpaired) electrons. The van der Waals surface area contributed by atoms with Crippen molar-refractivity contribution < 1.29 is 19.1 Å². The molecule has 1 fully saturated rings. The molecule has 2 aliphatic heterocycles. The minimum absolute atomic E-state index is 0.163. The van der Waals surface area contributed by atoms with Crippen molar-refractivity contribution >= 4 is 11.6 Å². The zero-order chi connectivity index (χ0) is 17.9. The smallest absolute Gasteiger partial charge is 0.230 e. The second kappa shape index (κ2) is 7.30. The molecule has 1 unspecified atom stereocenters. The SMILES string of the molecule is O=C(CN1CCC(c2ccccc2)C1)C(=O)c1ccc2c(c1)OCCO2. The first-order valence-electron chi connectivity index (χ1n) is 8.95. The quantitative estimate of drug-likeness (QED) is 0.612. The normalized spacial score (nSPS) is 19.3. The van der Waals surface area contributed by atoms with Gasteiger partial charge in [0, 0.05) is 12.1 Å². The van der Waals surface area contributed by atoms with Crippen LogP contribution >= 0.6 is 0 Å². The van der Waals surface area contributed by atoms with Gasteiger partial charge in [0.1, 0.15) is 13.2 Å². The molecular weight excluding hydrogens is 330 g/mol.